The van der Waals surface area contributed by atoms with Crippen molar-refractivity contribution >= 4 is 5.78 Å². The van der Waals surface area contributed by atoms with Gasteiger partial charge < -0.3 is 14.9 Å². The highest BCUT2D eigenvalue weighted by atomic mass is 16.5. The Labute approximate surface area is 206 Å². The van der Waals surface area contributed by atoms with Crippen molar-refractivity contribution in [1.29, 1.82) is 0 Å². The Bertz CT molecular complexity index is 909. The highest BCUT2D eigenvalue weighted by Crippen LogP contribution is 2.75. The predicted octanol–water partition coefficient (Wildman–Crippen LogP) is 6.32. The van der Waals surface area contributed by atoms with Gasteiger partial charge in [0.25, 0.3) is 0 Å². The van der Waals surface area contributed by atoms with E-state index in [1.54, 1.807) is 7.11 Å². The molecule has 0 amide bonds. The third-order valence-corrected chi connectivity index (χ3v) is 13.0. The van der Waals surface area contributed by atoms with Gasteiger partial charge in [-0.2, -0.15) is 0 Å². The van der Waals surface area contributed by atoms with E-state index in [0.29, 0.717) is 36.4 Å². The molecule has 0 aromatic carbocycles. The molecule has 5 aliphatic carbocycles. The average molecular weight is 473 g/mol. The van der Waals surface area contributed by atoms with E-state index in [9.17, 15) is 15.0 Å². The SMILES string of the molecule is COC1C(O)=C2C3C(C)C(C)CCC3(C)CCC2(C)C2(C)CC(O)C3C(C)C(=O)CCC3(C)C12. The predicted molar refractivity (Wildman–Crippen MR) is 134 cm³/mol. The summed E-state index contributed by atoms with van der Waals surface area (Å²) < 4.78 is 6.24. The van der Waals surface area contributed by atoms with Crippen molar-refractivity contribution in [2.45, 2.75) is 106 Å². The summed E-state index contributed by atoms with van der Waals surface area (Å²) in [5.41, 5.74) is 0.810. The number of allylic oxidation sites excluding steroid dienone is 1. The maximum absolute atomic E-state index is 12.7. The number of ether oxygens (including phenoxy) is 1. The van der Waals surface area contributed by atoms with Gasteiger partial charge >= 0.3 is 0 Å². The Balaban J connectivity index is 1.73. The molecule has 4 saturated carbocycles. The van der Waals surface area contributed by atoms with Crippen LogP contribution in [0.25, 0.3) is 0 Å². The second-order valence-electron chi connectivity index (χ2n) is 14.2. The van der Waals surface area contributed by atoms with E-state index >= 15 is 0 Å². The van der Waals surface area contributed by atoms with Crippen LogP contribution in [-0.4, -0.2) is 35.3 Å². The number of carbonyl (C=O) groups excluding carboxylic acids is 1. The average Bonchev–Trinajstić information content (AvgIpc) is 2.76. The normalized spacial score (nSPS) is 57.4. The summed E-state index contributed by atoms with van der Waals surface area (Å²) in [5.74, 6) is 2.11. The quantitative estimate of drug-likeness (QED) is 0.468. The van der Waals surface area contributed by atoms with E-state index in [1.165, 1.54) is 24.8 Å². The zero-order chi connectivity index (χ0) is 25.0. The minimum Gasteiger partial charge on any atom is -0.510 e. The number of methoxy groups -OCH3 is 1. The number of aliphatic hydroxyl groups excluding tert-OH is 2. The lowest BCUT2D eigenvalue weighted by molar-refractivity contribution is -0.238. The first-order chi connectivity index (χ1) is 15.8. The van der Waals surface area contributed by atoms with E-state index in [4.69, 9.17) is 4.74 Å². The number of aliphatic hydroxyl groups is 2. The highest BCUT2D eigenvalue weighted by Gasteiger charge is 2.72. The Hall–Kier alpha value is -0.870. The Morgan fingerprint density at radius 2 is 1.68 bits per heavy atom. The highest BCUT2D eigenvalue weighted by molar-refractivity contribution is 5.82. The lowest BCUT2D eigenvalue weighted by Gasteiger charge is -2.72. The van der Waals surface area contributed by atoms with Crippen LogP contribution in [0, 0.1) is 57.2 Å². The van der Waals surface area contributed by atoms with Gasteiger partial charge in [-0.1, -0.05) is 48.5 Å². The molecule has 0 bridgehead atoms. The maximum Gasteiger partial charge on any atom is 0.136 e. The molecule has 4 nitrogen and oxygen atoms in total. The zero-order valence-corrected chi connectivity index (χ0v) is 22.8. The van der Waals surface area contributed by atoms with Crippen molar-refractivity contribution in [2.75, 3.05) is 7.11 Å². The molecule has 4 heteroatoms. The molecule has 0 aromatic heterocycles. The third kappa shape index (κ3) is 2.82. The number of ketones is 1. The van der Waals surface area contributed by atoms with Crippen molar-refractivity contribution in [3.05, 3.63) is 11.3 Å². The lowest BCUT2D eigenvalue weighted by Crippen LogP contribution is -2.70. The maximum atomic E-state index is 12.7. The third-order valence-electron chi connectivity index (χ3n) is 13.0. The first kappa shape index (κ1) is 24.8. The standard InChI is InChI=1S/C30H48O4/c1-16-9-11-27(4)13-14-29(6)23(22(27)17(16)2)24(33)25(34-8)26-28(5)12-10-19(31)18(3)21(28)20(32)15-30(26,29)7/h16-18,20-22,25-26,32-33H,9-15H2,1-8H3. The monoisotopic (exact) mass is 472 g/mol. The van der Waals surface area contributed by atoms with Crippen LogP contribution in [-0.2, 0) is 9.53 Å². The van der Waals surface area contributed by atoms with Crippen molar-refractivity contribution < 1.29 is 19.7 Å². The van der Waals surface area contributed by atoms with Gasteiger partial charge in [0.05, 0.1) is 6.10 Å². The van der Waals surface area contributed by atoms with E-state index in [2.05, 4.69) is 41.5 Å². The number of fused-ring (bicyclic) bond motifs is 7. The number of hydrogen-bond acceptors (Lipinski definition) is 4. The molecule has 2 N–H and O–H groups in total. The van der Waals surface area contributed by atoms with Gasteiger partial charge in [0.15, 0.2) is 0 Å². The molecule has 0 spiro atoms. The summed E-state index contributed by atoms with van der Waals surface area (Å²) >= 11 is 0. The van der Waals surface area contributed by atoms with Crippen LogP contribution in [0.2, 0.25) is 0 Å². The molecule has 0 saturated heterocycles. The molecule has 12 unspecified atom stereocenters. The summed E-state index contributed by atoms with van der Waals surface area (Å²) in [4.78, 5) is 12.7. The fraction of sp³-hybridized carbons (Fsp3) is 0.900. The van der Waals surface area contributed by atoms with Crippen LogP contribution in [0.1, 0.15) is 93.4 Å². The molecular weight excluding hydrogens is 424 g/mol. The summed E-state index contributed by atoms with van der Waals surface area (Å²) in [6, 6.07) is 0. The molecule has 0 aromatic rings. The van der Waals surface area contributed by atoms with Crippen LogP contribution >= 0.6 is 0 Å². The first-order valence-electron chi connectivity index (χ1n) is 13.9. The van der Waals surface area contributed by atoms with Crippen molar-refractivity contribution in [3.8, 4) is 0 Å². The Morgan fingerprint density at radius 1 is 1.00 bits per heavy atom. The van der Waals surface area contributed by atoms with Gasteiger partial charge in [-0.3, -0.25) is 4.79 Å². The lowest BCUT2D eigenvalue weighted by atomic mass is 9.33. The molecule has 12 atom stereocenters. The van der Waals surface area contributed by atoms with Gasteiger partial charge in [-0.05, 0) is 83.5 Å². The fourth-order valence-corrected chi connectivity index (χ4v) is 10.8. The molecule has 192 valence electrons. The Morgan fingerprint density at radius 3 is 2.32 bits per heavy atom. The van der Waals surface area contributed by atoms with E-state index in [0.717, 1.165) is 12.8 Å². The van der Waals surface area contributed by atoms with Gasteiger partial charge in [0, 0.05) is 31.3 Å². The van der Waals surface area contributed by atoms with Crippen LogP contribution in [0.15, 0.2) is 11.3 Å². The van der Waals surface area contributed by atoms with Crippen molar-refractivity contribution in [3.63, 3.8) is 0 Å². The summed E-state index contributed by atoms with van der Waals surface area (Å²) in [6.07, 6.45) is 5.83. The van der Waals surface area contributed by atoms with Gasteiger partial charge in [-0.15, -0.1) is 0 Å². The van der Waals surface area contributed by atoms with E-state index in [1.807, 2.05) is 6.92 Å². The summed E-state index contributed by atoms with van der Waals surface area (Å²) in [6.45, 7) is 16.3. The zero-order valence-electron chi connectivity index (χ0n) is 22.8. The smallest absolute Gasteiger partial charge is 0.136 e. The number of hydrogen-bond donors (Lipinski definition) is 2. The van der Waals surface area contributed by atoms with Crippen molar-refractivity contribution in [1.82, 2.24) is 0 Å². The van der Waals surface area contributed by atoms with Crippen LogP contribution < -0.4 is 0 Å². The van der Waals surface area contributed by atoms with E-state index < -0.39 is 6.10 Å². The minimum absolute atomic E-state index is 0.0726. The largest absolute Gasteiger partial charge is 0.510 e. The Kier molecular flexibility index (Phi) is 5.52. The number of rotatable bonds is 1. The fourth-order valence-electron chi connectivity index (χ4n) is 10.8. The second kappa shape index (κ2) is 7.57. The van der Waals surface area contributed by atoms with Gasteiger partial charge in [-0.25, -0.2) is 0 Å². The molecule has 5 rings (SSSR count). The summed E-state index contributed by atoms with van der Waals surface area (Å²) in [7, 11) is 1.75. The van der Waals surface area contributed by atoms with Crippen LogP contribution in [0.3, 0.4) is 0 Å². The number of carbonyl (C=O) groups is 1. The van der Waals surface area contributed by atoms with Gasteiger partial charge in [0.1, 0.15) is 17.6 Å². The van der Waals surface area contributed by atoms with Crippen molar-refractivity contribution in [2.24, 2.45) is 57.2 Å². The molecule has 0 radical (unpaired) electrons. The molecule has 4 fully saturated rings. The van der Waals surface area contributed by atoms with Crippen LogP contribution in [0.5, 0.6) is 0 Å². The topological polar surface area (TPSA) is 66.8 Å². The molecule has 0 aliphatic heterocycles. The van der Waals surface area contributed by atoms with E-state index in [-0.39, 0.29) is 51.3 Å². The molecular formula is C30H48O4. The number of Topliss-reactive ketones (excluding diaryl/α,β-unsaturated/α-hetero) is 1. The first-order valence-corrected chi connectivity index (χ1v) is 13.9. The molecule has 0 heterocycles. The molecule has 34 heavy (non-hydrogen) atoms. The van der Waals surface area contributed by atoms with Gasteiger partial charge in [0.2, 0.25) is 0 Å². The second-order valence-corrected chi connectivity index (χ2v) is 14.2. The molecule has 5 aliphatic rings. The minimum atomic E-state index is -0.502. The van der Waals surface area contributed by atoms with Crippen LogP contribution in [0.4, 0.5) is 0 Å². The summed E-state index contributed by atoms with van der Waals surface area (Å²) in [5, 5.41) is 23.9.